The Morgan fingerprint density at radius 2 is 1.95 bits per heavy atom. The molecule has 0 amide bonds. The molecule has 0 bridgehead atoms. The van der Waals surface area contributed by atoms with Gasteiger partial charge in [0.25, 0.3) is 0 Å². The minimum atomic E-state index is 0.161. The molecule has 2 nitrogen and oxygen atoms in total. The number of unbranched alkanes of at least 4 members (excludes halogenated alkanes) is 1. The highest BCUT2D eigenvalue weighted by molar-refractivity contribution is 5.46. The summed E-state index contributed by atoms with van der Waals surface area (Å²) >= 11 is 0. The van der Waals surface area contributed by atoms with Crippen molar-refractivity contribution in [2.75, 3.05) is 6.61 Å². The average Bonchev–Trinajstić information content (AvgIpc) is 2.34. The van der Waals surface area contributed by atoms with Crippen LogP contribution in [0.25, 0.3) is 0 Å². The molecule has 0 heterocycles. The van der Waals surface area contributed by atoms with E-state index < -0.39 is 0 Å². The fourth-order valence-corrected chi connectivity index (χ4v) is 2.07. The van der Waals surface area contributed by atoms with Gasteiger partial charge in [0.05, 0.1) is 12.7 Å². The molecule has 0 atom stereocenters. The van der Waals surface area contributed by atoms with E-state index in [1.807, 2.05) is 0 Å². The Labute approximate surface area is 117 Å². The topological polar surface area (TPSA) is 33.0 Å². The zero-order valence-electron chi connectivity index (χ0n) is 12.8. The van der Waals surface area contributed by atoms with Crippen LogP contribution in [0, 0.1) is 18.3 Å². The summed E-state index contributed by atoms with van der Waals surface area (Å²) in [5, 5.41) is 8.54. The van der Waals surface area contributed by atoms with Crippen molar-refractivity contribution in [3.8, 4) is 11.8 Å². The number of hydrogen-bond donors (Lipinski definition) is 0. The quantitative estimate of drug-likeness (QED) is 0.727. The minimum Gasteiger partial charge on any atom is -0.493 e. The van der Waals surface area contributed by atoms with Crippen LogP contribution in [0.3, 0.4) is 0 Å². The molecule has 0 spiro atoms. The Bertz CT molecular complexity index is 463. The second kappa shape index (κ2) is 6.61. The number of nitriles is 1. The number of benzene rings is 1. The fraction of sp³-hybridized carbons (Fsp3) is 0.588. The van der Waals surface area contributed by atoms with Crippen LogP contribution >= 0.6 is 0 Å². The maximum absolute atomic E-state index is 8.54. The molecule has 1 aromatic carbocycles. The first kappa shape index (κ1) is 15.6. The van der Waals surface area contributed by atoms with E-state index in [1.54, 1.807) is 0 Å². The molecule has 0 radical (unpaired) electrons. The van der Waals surface area contributed by atoms with Crippen LogP contribution in [0.1, 0.15) is 57.2 Å². The van der Waals surface area contributed by atoms with Crippen LogP contribution < -0.4 is 4.74 Å². The molecule has 2 heteroatoms. The summed E-state index contributed by atoms with van der Waals surface area (Å²) in [5.74, 6) is 1.01. The molecule has 0 aliphatic carbocycles. The highest BCUT2D eigenvalue weighted by atomic mass is 16.5. The lowest BCUT2D eigenvalue weighted by Gasteiger charge is -2.23. The molecule has 0 saturated heterocycles. The van der Waals surface area contributed by atoms with Crippen LogP contribution in [0.2, 0.25) is 0 Å². The lowest BCUT2D eigenvalue weighted by atomic mass is 9.84. The van der Waals surface area contributed by atoms with Gasteiger partial charge in [-0.2, -0.15) is 5.26 Å². The molecule has 0 aliphatic heterocycles. The monoisotopic (exact) mass is 259 g/mol. The van der Waals surface area contributed by atoms with Crippen LogP contribution in [0.4, 0.5) is 0 Å². The van der Waals surface area contributed by atoms with Gasteiger partial charge >= 0.3 is 0 Å². The van der Waals surface area contributed by atoms with Crippen LogP contribution in [-0.4, -0.2) is 6.61 Å². The van der Waals surface area contributed by atoms with Gasteiger partial charge in [-0.3, -0.25) is 0 Å². The summed E-state index contributed by atoms with van der Waals surface area (Å²) < 4.78 is 5.88. The molecule has 19 heavy (non-hydrogen) atoms. The van der Waals surface area contributed by atoms with E-state index in [2.05, 4.69) is 52.8 Å². The van der Waals surface area contributed by atoms with Gasteiger partial charge in [0.1, 0.15) is 5.75 Å². The van der Waals surface area contributed by atoms with E-state index in [0.717, 1.165) is 18.6 Å². The molecule has 1 aromatic rings. The first-order chi connectivity index (χ1) is 8.90. The summed E-state index contributed by atoms with van der Waals surface area (Å²) in [7, 11) is 0. The number of rotatable bonds is 5. The van der Waals surface area contributed by atoms with Gasteiger partial charge < -0.3 is 4.74 Å². The zero-order chi connectivity index (χ0) is 14.5. The maximum atomic E-state index is 8.54. The third-order valence-electron chi connectivity index (χ3n) is 3.28. The van der Waals surface area contributed by atoms with E-state index in [9.17, 15) is 0 Å². The normalized spacial score (nSPS) is 11.2. The maximum Gasteiger partial charge on any atom is 0.125 e. The van der Waals surface area contributed by atoms with Crippen molar-refractivity contribution in [1.82, 2.24) is 0 Å². The molecule has 0 unspecified atom stereocenters. The summed E-state index contributed by atoms with van der Waals surface area (Å²) in [6.07, 6.45) is 2.32. The molecule has 104 valence electrons. The average molecular weight is 259 g/mol. The van der Waals surface area contributed by atoms with Gasteiger partial charge in [-0.25, -0.2) is 0 Å². The Hall–Kier alpha value is -1.49. The predicted octanol–water partition coefficient (Wildman–Crippen LogP) is 4.54. The molecule has 0 N–H and O–H groups in total. The van der Waals surface area contributed by atoms with Crippen molar-refractivity contribution in [2.24, 2.45) is 0 Å². The molecule has 0 aromatic heterocycles. The van der Waals surface area contributed by atoms with Crippen molar-refractivity contribution in [2.45, 2.75) is 59.3 Å². The van der Waals surface area contributed by atoms with Gasteiger partial charge in [-0.15, -0.1) is 0 Å². The Morgan fingerprint density at radius 3 is 2.47 bits per heavy atom. The number of ether oxygens (including phenoxy) is 1. The van der Waals surface area contributed by atoms with E-state index in [-0.39, 0.29) is 5.41 Å². The summed E-state index contributed by atoms with van der Waals surface area (Å²) in [6, 6.07) is 6.62. The standard InChI is InChI=1S/C17H25NO/c1-6-14-12-15(17(3,4)5)11-13(2)16(14)19-10-8-7-9-18/h11-12H,6-8,10H2,1-5H3. The Kier molecular flexibility index (Phi) is 5.42. The highest BCUT2D eigenvalue weighted by Crippen LogP contribution is 2.31. The molecule has 1 rings (SSSR count). The van der Waals surface area contributed by atoms with E-state index >= 15 is 0 Å². The Morgan fingerprint density at radius 1 is 1.26 bits per heavy atom. The van der Waals surface area contributed by atoms with Crippen LogP contribution in [-0.2, 0) is 11.8 Å². The molecule has 0 saturated carbocycles. The lowest BCUT2D eigenvalue weighted by molar-refractivity contribution is 0.307. The summed E-state index contributed by atoms with van der Waals surface area (Å²) in [6.45, 7) is 11.6. The van der Waals surface area contributed by atoms with Crippen molar-refractivity contribution in [3.63, 3.8) is 0 Å². The smallest absolute Gasteiger partial charge is 0.125 e. The van der Waals surface area contributed by atoms with Crippen molar-refractivity contribution >= 4 is 0 Å². The first-order valence-electron chi connectivity index (χ1n) is 7.04. The van der Waals surface area contributed by atoms with Gasteiger partial charge in [0, 0.05) is 6.42 Å². The van der Waals surface area contributed by atoms with Crippen molar-refractivity contribution < 1.29 is 4.74 Å². The number of aryl methyl sites for hydroxylation is 2. The van der Waals surface area contributed by atoms with E-state index in [0.29, 0.717) is 13.0 Å². The molecule has 0 fully saturated rings. The molecule has 0 aliphatic rings. The van der Waals surface area contributed by atoms with Crippen LogP contribution in [0.15, 0.2) is 12.1 Å². The van der Waals surface area contributed by atoms with Gasteiger partial charge in [-0.05, 0) is 41.9 Å². The fourth-order valence-electron chi connectivity index (χ4n) is 2.07. The van der Waals surface area contributed by atoms with Gasteiger partial charge in [-0.1, -0.05) is 39.8 Å². The summed E-state index contributed by atoms with van der Waals surface area (Å²) in [4.78, 5) is 0. The lowest BCUT2D eigenvalue weighted by Crippen LogP contribution is -2.13. The second-order valence-corrected chi connectivity index (χ2v) is 6.00. The summed E-state index contributed by atoms with van der Waals surface area (Å²) in [5.41, 5.74) is 3.97. The minimum absolute atomic E-state index is 0.161. The second-order valence-electron chi connectivity index (χ2n) is 6.00. The SMILES string of the molecule is CCc1cc(C(C)(C)C)cc(C)c1OCCCC#N. The zero-order valence-corrected chi connectivity index (χ0v) is 12.8. The largest absolute Gasteiger partial charge is 0.493 e. The van der Waals surface area contributed by atoms with Crippen LogP contribution in [0.5, 0.6) is 5.75 Å². The van der Waals surface area contributed by atoms with E-state index in [1.165, 1.54) is 16.7 Å². The Balaban J connectivity index is 2.96. The van der Waals surface area contributed by atoms with Gasteiger partial charge in [0.2, 0.25) is 0 Å². The highest BCUT2D eigenvalue weighted by Gasteiger charge is 2.17. The van der Waals surface area contributed by atoms with Gasteiger partial charge in [0.15, 0.2) is 0 Å². The number of hydrogen-bond acceptors (Lipinski definition) is 2. The third kappa shape index (κ3) is 4.28. The van der Waals surface area contributed by atoms with Crippen molar-refractivity contribution in [3.05, 3.63) is 28.8 Å². The molecular weight excluding hydrogens is 234 g/mol. The van der Waals surface area contributed by atoms with Crippen molar-refractivity contribution in [1.29, 1.82) is 5.26 Å². The first-order valence-corrected chi connectivity index (χ1v) is 7.04. The number of nitrogens with zero attached hydrogens (tertiary/aromatic N) is 1. The third-order valence-corrected chi connectivity index (χ3v) is 3.28. The molecular formula is C17H25NO. The predicted molar refractivity (Wildman–Crippen MR) is 79.6 cm³/mol. The van der Waals surface area contributed by atoms with E-state index in [4.69, 9.17) is 10.00 Å².